The fourth-order valence-electron chi connectivity index (χ4n) is 4.92. The van der Waals surface area contributed by atoms with Crippen molar-refractivity contribution in [2.45, 2.75) is 25.1 Å². The summed E-state index contributed by atoms with van der Waals surface area (Å²) in [5, 5.41) is 8.46. The summed E-state index contributed by atoms with van der Waals surface area (Å²) in [7, 11) is 0. The molecule has 1 saturated heterocycles. The van der Waals surface area contributed by atoms with Crippen molar-refractivity contribution in [3.8, 4) is 0 Å². The van der Waals surface area contributed by atoms with Crippen molar-refractivity contribution in [1.29, 1.82) is 0 Å². The molecule has 0 aliphatic carbocycles. The van der Waals surface area contributed by atoms with E-state index < -0.39 is 17.5 Å². The van der Waals surface area contributed by atoms with Crippen molar-refractivity contribution < 1.29 is 14.0 Å². The Morgan fingerprint density at radius 2 is 1.78 bits per heavy atom. The lowest BCUT2D eigenvalue weighted by Crippen LogP contribution is -2.41. The molecule has 2 aliphatic heterocycles. The van der Waals surface area contributed by atoms with Gasteiger partial charge in [0.25, 0.3) is 11.8 Å². The van der Waals surface area contributed by atoms with E-state index in [4.69, 9.17) is 0 Å². The molecule has 3 aromatic heterocycles. The van der Waals surface area contributed by atoms with Crippen LogP contribution in [0.3, 0.4) is 0 Å². The normalized spacial score (nSPS) is 18.8. The number of rotatable bonds is 4. The second-order valence-electron chi connectivity index (χ2n) is 8.49. The lowest BCUT2D eigenvalue weighted by atomic mass is 9.94. The van der Waals surface area contributed by atoms with E-state index in [2.05, 4.69) is 15.6 Å². The zero-order valence-electron chi connectivity index (χ0n) is 17.2. The molecular formula is C24H21FN4O2S. The number of piperidine rings is 1. The summed E-state index contributed by atoms with van der Waals surface area (Å²) in [6, 6.07) is 9.62. The average Bonchev–Trinajstić information content (AvgIpc) is 3.52. The predicted molar refractivity (Wildman–Crippen MR) is 124 cm³/mol. The molecule has 4 aromatic rings. The number of thiophene rings is 1. The maximum atomic E-state index is 15.5. The van der Waals surface area contributed by atoms with Gasteiger partial charge in [-0.2, -0.15) is 0 Å². The predicted octanol–water partition coefficient (Wildman–Crippen LogP) is 3.84. The van der Waals surface area contributed by atoms with E-state index in [1.54, 1.807) is 6.20 Å². The van der Waals surface area contributed by atoms with E-state index in [1.165, 1.54) is 11.3 Å². The average molecular weight is 449 g/mol. The molecule has 2 aliphatic rings. The number of carbonyl (C=O) groups excluding carboxylic acids is 2. The zero-order chi connectivity index (χ0) is 21.9. The highest BCUT2D eigenvalue weighted by atomic mass is 32.1. The molecule has 0 radical (unpaired) electrons. The van der Waals surface area contributed by atoms with Gasteiger partial charge in [0.2, 0.25) is 0 Å². The minimum Gasteiger partial charge on any atom is -0.360 e. The van der Waals surface area contributed by atoms with Crippen molar-refractivity contribution in [3.63, 3.8) is 0 Å². The summed E-state index contributed by atoms with van der Waals surface area (Å²) >= 11 is 1.52. The molecule has 0 unspecified atom stereocenters. The Morgan fingerprint density at radius 1 is 1.03 bits per heavy atom. The van der Waals surface area contributed by atoms with Gasteiger partial charge in [0, 0.05) is 34.4 Å². The first-order chi connectivity index (χ1) is 15.5. The van der Waals surface area contributed by atoms with Gasteiger partial charge < -0.3 is 14.9 Å². The first-order valence-corrected chi connectivity index (χ1v) is 11.5. The minimum atomic E-state index is -1.31. The Bertz CT molecular complexity index is 1420. The smallest absolute Gasteiger partial charge is 0.259 e. The standard InChI is InChI=1S/C24H21FN4O2S/c25-24(6-8-26-9-7-24)13-29-12-16(14-3-1-2-4-18(14)29)20-19(22(30)28-23(20)31)15-11-27-17-5-10-32-21(15)17/h1-5,10-12,26-27H,6-9,13H2,(H,28,30,31). The van der Waals surface area contributed by atoms with Crippen LogP contribution < -0.4 is 10.6 Å². The molecule has 162 valence electrons. The Labute approximate surface area is 187 Å². The number of halogens is 1. The third kappa shape index (κ3) is 2.94. The minimum absolute atomic E-state index is 0.215. The molecular weight excluding hydrogens is 427 g/mol. The number of alkyl halides is 1. The second kappa shape index (κ2) is 7.15. The lowest BCUT2D eigenvalue weighted by Gasteiger charge is -2.30. The van der Waals surface area contributed by atoms with Gasteiger partial charge >= 0.3 is 0 Å². The largest absolute Gasteiger partial charge is 0.360 e. The maximum absolute atomic E-state index is 15.5. The summed E-state index contributed by atoms with van der Waals surface area (Å²) < 4.78 is 18.4. The van der Waals surface area contributed by atoms with Crippen LogP contribution in [0.25, 0.3) is 32.3 Å². The van der Waals surface area contributed by atoms with Crippen LogP contribution in [0.15, 0.2) is 48.1 Å². The molecule has 2 amide bonds. The highest BCUT2D eigenvalue weighted by molar-refractivity contribution is 7.17. The van der Waals surface area contributed by atoms with Crippen LogP contribution in [0.1, 0.15) is 24.0 Å². The van der Waals surface area contributed by atoms with Crippen molar-refractivity contribution in [2.24, 2.45) is 0 Å². The molecule has 3 N–H and O–H groups in total. The first-order valence-electron chi connectivity index (χ1n) is 10.7. The molecule has 1 fully saturated rings. The third-order valence-corrected chi connectivity index (χ3v) is 7.44. The van der Waals surface area contributed by atoms with Crippen LogP contribution in [0.4, 0.5) is 4.39 Å². The number of imide groups is 1. The summed E-state index contributed by atoms with van der Waals surface area (Å²) in [5.41, 5.74) is 2.55. The number of carbonyl (C=O) groups is 2. The van der Waals surface area contributed by atoms with Crippen molar-refractivity contribution in [3.05, 3.63) is 59.2 Å². The highest BCUT2D eigenvalue weighted by Crippen LogP contribution is 2.40. The van der Waals surface area contributed by atoms with Crippen LogP contribution in [0.5, 0.6) is 0 Å². The van der Waals surface area contributed by atoms with Crippen LogP contribution in [0, 0.1) is 0 Å². The Hall–Kier alpha value is -3.23. The molecule has 32 heavy (non-hydrogen) atoms. The summed E-state index contributed by atoms with van der Waals surface area (Å²) in [4.78, 5) is 29.0. The SMILES string of the molecule is O=C1NC(=O)C(c2c[nH]c3ccsc23)=C1c1cn(CC2(F)CCNCC2)c2ccccc12. The number of fused-ring (bicyclic) bond motifs is 2. The Morgan fingerprint density at radius 3 is 2.59 bits per heavy atom. The molecule has 6 nitrogen and oxygen atoms in total. The van der Waals surface area contributed by atoms with Crippen molar-refractivity contribution in [2.75, 3.05) is 13.1 Å². The van der Waals surface area contributed by atoms with Gasteiger partial charge in [-0.05, 0) is 43.4 Å². The maximum Gasteiger partial charge on any atom is 0.259 e. The van der Waals surface area contributed by atoms with Crippen LogP contribution in [-0.2, 0) is 16.1 Å². The van der Waals surface area contributed by atoms with E-state index in [0.717, 1.165) is 21.1 Å². The van der Waals surface area contributed by atoms with Crippen LogP contribution >= 0.6 is 11.3 Å². The topological polar surface area (TPSA) is 78.9 Å². The number of hydrogen-bond acceptors (Lipinski definition) is 4. The number of nitrogens with zero attached hydrogens (tertiary/aromatic N) is 1. The molecule has 0 atom stereocenters. The van der Waals surface area contributed by atoms with Gasteiger partial charge in [0.05, 0.1) is 27.9 Å². The Balaban J connectivity index is 1.55. The number of para-hydroxylation sites is 1. The van der Waals surface area contributed by atoms with Crippen molar-refractivity contribution in [1.82, 2.24) is 20.2 Å². The molecule has 6 rings (SSSR count). The van der Waals surface area contributed by atoms with E-state index >= 15 is 4.39 Å². The molecule has 0 bridgehead atoms. The van der Waals surface area contributed by atoms with Crippen LogP contribution in [0.2, 0.25) is 0 Å². The molecule has 0 saturated carbocycles. The van der Waals surface area contributed by atoms with Crippen LogP contribution in [-0.4, -0.2) is 40.1 Å². The molecule has 5 heterocycles. The number of nitrogens with one attached hydrogen (secondary N) is 3. The van der Waals surface area contributed by atoms with Crippen molar-refractivity contribution >= 4 is 55.4 Å². The number of aromatic nitrogens is 2. The first kappa shape index (κ1) is 19.5. The van der Waals surface area contributed by atoms with E-state index in [1.807, 2.05) is 46.5 Å². The van der Waals surface area contributed by atoms with Gasteiger partial charge in [-0.3, -0.25) is 14.9 Å². The number of hydrogen-bond donors (Lipinski definition) is 3. The summed E-state index contributed by atoms with van der Waals surface area (Å²) in [5.74, 6) is -0.827. The molecule has 8 heteroatoms. The number of aromatic amines is 1. The van der Waals surface area contributed by atoms with Gasteiger partial charge in [-0.1, -0.05) is 18.2 Å². The van der Waals surface area contributed by atoms with E-state index in [-0.39, 0.29) is 6.54 Å². The summed E-state index contributed by atoms with van der Waals surface area (Å²) in [6.07, 6.45) is 4.50. The van der Waals surface area contributed by atoms with Gasteiger partial charge in [-0.15, -0.1) is 11.3 Å². The molecule has 1 aromatic carbocycles. The number of H-pyrrole nitrogens is 1. The summed E-state index contributed by atoms with van der Waals surface area (Å²) in [6.45, 7) is 1.52. The van der Waals surface area contributed by atoms with Gasteiger partial charge in [0.15, 0.2) is 0 Å². The lowest BCUT2D eigenvalue weighted by molar-refractivity contribution is -0.122. The monoisotopic (exact) mass is 448 g/mol. The highest BCUT2D eigenvalue weighted by Gasteiger charge is 2.37. The van der Waals surface area contributed by atoms with E-state index in [0.29, 0.717) is 48.2 Å². The fraction of sp³-hybridized carbons (Fsp3) is 0.250. The zero-order valence-corrected chi connectivity index (χ0v) is 18.0. The second-order valence-corrected chi connectivity index (χ2v) is 9.40. The van der Waals surface area contributed by atoms with Gasteiger partial charge in [-0.25, -0.2) is 4.39 Å². The quantitative estimate of drug-likeness (QED) is 0.415. The molecule has 0 spiro atoms. The van der Waals surface area contributed by atoms with Gasteiger partial charge in [0.1, 0.15) is 5.67 Å². The fourth-order valence-corrected chi connectivity index (χ4v) is 5.80. The van der Waals surface area contributed by atoms with E-state index in [9.17, 15) is 9.59 Å². The number of amides is 2. The number of benzene rings is 1. The third-order valence-electron chi connectivity index (χ3n) is 6.49. The Kier molecular flexibility index (Phi) is 4.34.